The van der Waals surface area contributed by atoms with E-state index in [9.17, 15) is 8.42 Å². The van der Waals surface area contributed by atoms with Crippen LogP contribution in [0.5, 0.6) is 0 Å². The van der Waals surface area contributed by atoms with E-state index in [1.807, 2.05) is 48.9 Å². The highest BCUT2D eigenvalue weighted by Gasteiger charge is 2.26. The first-order chi connectivity index (χ1) is 20.5. The van der Waals surface area contributed by atoms with Crippen LogP contribution in [0.15, 0.2) is 59.3 Å². The smallest absolute Gasteiger partial charge is 0.159 e. The number of hydrogen-bond donors (Lipinski definition) is 0. The van der Waals surface area contributed by atoms with Crippen LogP contribution < -0.4 is 0 Å². The van der Waals surface area contributed by atoms with Gasteiger partial charge in [0.25, 0.3) is 0 Å². The molecule has 4 nitrogen and oxygen atoms in total. The maximum Gasteiger partial charge on any atom is 0.159 e. The van der Waals surface area contributed by atoms with Crippen molar-refractivity contribution >= 4 is 54.8 Å². The summed E-state index contributed by atoms with van der Waals surface area (Å²) < 4.78 is 86.8. The number of aromatic nitrogens is 2. The van der Waals surface area contributed by atoms with Crippen molar-refractivity contribution in [3.63, 3.8) is 0 Å². The lowest BCUT2D eigenvalue weighted by molar-refractivity contribution is 0.547. The Balaban J connectivity index is 1.22. The molecule has 2 aliphatic rings. The molecule has 0 unspecified atom stereocenters. The molecule has 43 heavy (non-hydrogen) atoms. The molecule has 11 heteroatoms. The Labute approximate surface area is 254 Å². The van der Waals surface area contributed by atoms with Gasteiger partial charge >= 0.3 is 0 Å². The van der Waals surface area contributed by atoms with Crippen molar-refractivity contribution in [2.45, 2.75) is 38.2 Å². The number of thiazole rings is 2. The normalized spacial score (nSPS) is 15.0. The Bertz CT molecular complexity index is 1830. The Hall–Kier alpha value is -3.67. The lowest BCUT2D eigenvalue weighted by atomic mass is 9.97. The maximum atomic E-state index is 15.2. The molecule has 0 aliphatic heterocycles. The van der Waals surface area contributed by atoms with Crippen molar-refractivity contribution < 1.29 is 26.0 Å². The van der Waals surface area contributed by atoms with Crippen molar-refractivity contribution in [1.29, 1.82) is 0 Å². The molecule has 2 aromatic heterocycles. The molecule has 6 rings (SSSR count). The number of nitrogens with zero attached hydrogens (tertiary/aromatic N) is 2. The number of allylic oxidation sites excluding steroid dienone is 8. The third-order valence-corrected chi connectivity index (χ3v) is 10.3. The molecule has 0 saturated carbocycles. The second-order valence-corrected chi connectivity index (χ2v) is 14.5. The highest BCUT2D eigenvalue weighted by molar-refractivity contribution is 7.89. The largest absolute Gasteiger partial charge is 0.242 e. The van der Waals surface area contributed by atoms with Crippen molar-refractivity contribution in [2.75, 3.05) is 0 Å². The van der Waals surface area contributed by atoms with Gasteiger partial charge in [-0.3, -0.25) is 0 Å². The molecule has 0 radical (unpaired) electrons. The molecule has 0 saturated heterocycles. The lowest BCUT2D eigenvalue weighted by Crippen LogP contribution is -2.13. The van der Waals surface area contributed by atoms with Gasteiger partial charge in [0.2, 0.25) is 0 Å². The van der Waals surface area contributed by atoms with Crippen molar-refractivity contribution in [3.05, 3.63) is 126 Å². The van der Waals surface area contributed by atoms with Crippen LogP contribution in [0.3, 0.4) is 0 Å². The predicted molar refractivity (Wildman–Crippen MR) is 164 cm³/mol. The monoisotopic (exact) mass is 640 g/mol. The topological polar surface area (TPSA) is 59.9 Å². The minimum atomic E-state index is -4.37. The summed E-state index contributed by atoms with van der Waals surface area (Å²) in [6.45, 7) is 3.72. The van der Waals surface area contributed by atoms with Gasteiger partial charge in [0.05, 0.1) is 32.9 Å². The predicted octanol–water partition coefficient (Wildman–Crippen LogP) is 8.63. The molecule has 2 heterocycles. The van der Waals surface area contributed by atoms with Crippen LogP contribution in [0.1, 0.15) is 56.5 Å². The fraction of sp³-hybridized carbons (Fsp3) is 0.188. The quantitative estimate of drug-likeness (QED) is 0.181. The average molecular weight is 641 g/mol. The summed E-state index contributed by atoms with van der Waals surface area (Å²) in [7, 11) is -4.37. The van der Waals surface area contributed by atoms with Gasteiger partial charge in [-0.2, -0.15) is 0 Å². The zero-order valence-corrected chi connectivity index (χ0v) is 25.5. The molecule has 0 fully saturated rings. The third-order valence-electron chi connectivity index (χ3n) is 7.29. The Morgan fingerprint density at radius 2 is 0.977 bits per heavy atom. The van der Waals surface area contributed by atoms with Crippen LogP contribution >= 0.6 is 22.7 Å². The van der Waals surface area contributed by atoms with E-state index in [0.717, 1.165) is 45.4 Å². The van der Waals surface area contributed by atoms with E-state index in [1.165, 1.54) is 22.7 Å². The molecule has 4 aromatic rings. The van der Waals surface area contributed by atoms with E-state index >= 15 is 17.6 Å². The van der Waals surface area contributed by atoms with Crippen LogP contribution in [0.2, 0.25) is 0 Å². The fourth-order valence-corrected chi connectivity index (χ4v) is 8.08. The first kappa shape index (κ1) is 29.4. The highest BCUT2D eigenvalue weighted by Crippen LogP contribution is 2.39. The molecule has 0 bridgehead atoms. The number of aryl methyl sites for hydroxylation is 2. The summed E-state index contributed by atoms with van der Waals surface area (Å²) in [6.07, 6.45) is 8.59. The van der Waals surface area contributed by atoms with Gasteiger partial charge in [-0.05, 0) is 73.2 Å². The van der Waals surface area contributed by atoms with Gasteiger partial charge in [0.15, 0.2) is 9.84 Å². The minimum Gasteiger partial charge on any atom is -0.242 e. The zero-order valence-electron chi connectivity index (χ0n) is 23.0. The fourth-order valence-electron chi connectivity index (χ4n) is 5.32. The summed E-state index contributed by atoms with van der Waals surface area (Å²) in [4.78, 5) is 8.91. The van der Waals surface area contributed by atoms with E-state index in [2.05, 4.69) is 9.97 Å². The summed E-state index contributed by atoms with van der Waals surface area (Å²) in [5.74, 6) is -6.33. The van der Waals surface area contributed by atoms with E-state index in [-0.39, 0.29) is 11.1 Å². The highest BCUT2D eigenvalue weighted by atomic mass is 32.2. The van der Waals surface area contributed by atoms with Gasteiger partial charge in [-0.25, -0.2) is 35.9 Å². The van der Waals surface area contributed by atoms with Gasteiger partial charge < -0.3 is 0 Å². The third kappa shape index (κ3) is 5.93. The van der Waals surface area contributed by atoms with E-state index in [0.29, 0.717) is 35.4 Å². The van der Waals surface area contributed by atoms with Crippen LogP contribution in [-0.2, 0) is 21.3 Å². The lowest BCUT2D eigenvalue weighted by Gasteiger charge is -2.13. The SMILES string of the molecule is Cc1nc(C2=CCC=C2c2cc(F)c(CS(=O)(=O)Cc3c(F)cc(C4=CCC=C4c4csc(C)n4)cc3F)c(F)c2)cs1. The molecular weight excluding hydrogens is 617 g/mol. The van der Waals surface area contributed by atoms with E-state index < -0.39 is 55.7 Å². The van der Waals surface area contributed by atoms with Gasteiger partial charge in [-0.15, -0.1) is 22.7 Å². The number of rotatable bonds is 8. The van der Waals surface area contributed by atoms with Crippen LogP contribution in [0.25, 0.3) is 22.3 Å². The molecule has 0 atom stereocenters. The molecule has 0 N–H and O–H groups in total. The maximum absolute atomic E-state index is 15.2. The summed E-state index contributed by atoms with van der Waals surface area (Å²) >= 11 is 2.92. The zero-order chi connectivity index (χ0) is 30.5. The number of benzene rings is 2. The number of hydrogen-bond acceptors (Lipinski definition) is 6. The summed E-state index contributed by atoms with van der Waals surface area (Å²) in [5.41, 5.74) is 3.22. The average Bonchev–Trinajstić information content (AvgIpc) is 3.75. The van der Waals surface area contributed by atoms with Gasteiger partial charge in [0.1, 0.15) is 23.3 Å². The Morgan fingerprint density at radius 3 is 1.30 bits per heavy atom. The second-order valence-electron chi connectivity index (χ2n) is 10.3. The van der Waals surface area contributed by atoms with Gasteiger partial charge in [0, 0.05) is 33.0 Å². The molecule has 0 amide bonds. The standard InChI is InChI=1S/C32H24F4N2O2S3/c1-17-37-31(13-41-17)23-7-3-5-21(23)19-9-27(33)25(28(34)10-19)15-43(39,40)16-26-29(35)11-20(12-30(26)36)22-6-4-8-24(22)32-14-42-18(2)38-32/h5-14H,3-4,15-16H2,1-2H3. The summed E-state index contributed by atoms with van der Waals surface area (Å²) in [5, 5.41) is 5.43. The van der Waals surface area contributed by atoms with Crippen LogP contribution in [-0.4, -0.2) is 18.4 Å². The molecule has 220 valence electrons. The molecular formula is C32H24F4N2O2S3. The van der Waals surface area contributed by atoms with E-state index in [4.69, 9.17) is 0 Å². The Kier molecular flexibility index (Phi) is 7.82. The van der Waals surface area contributed by atoms with E-state index in [1.54, 1.807) is 0 Å². The van der Waals surface area contributed by atoms with Crippen molar-refractivity contribution in [2.24, 2.45) is 0 Å². The van der Waals surface area contributed by atoms with Crippen LogP contribution in [0.4, 0.5) is 17.6 Å². The Morgan fingerprint density at radius 1 is 0.628 bits per heavy atom. The first-order valence-corrected chi connectivity index (χ1v) is 16.9. The first-order valence-electron chi connectivity index (χ1n) is 13.3. The second kappa shape index (κ2) is 11.4. The molecule has 0 spiro atoms. The van der Waals surface area contributed by atoms with Crippen molar-refractivity contribution in [3.8, 4) is 0 Å². The number of sulfone groups is 1. The van der Waals surface area contributed by atoms with Crippen molar-refractivity contribution in [1.82, 2.24) is 9.97 Å². The molecule has 2 aromatic carbocycles. The molecule has 2 aliphatic carbocycles. The number of halogens is 4. The minimum absolute atomic E-state index is 0.251. The van der Waals surface area contributed by atoms with Crippen LogP contribution in [0, 0.1) is 37.1 Å². The van der Waals surface area contributed by atoms with Gasteiger partial charge in [-0.1, -0.05) is 24.3 Å². The summed E-state index contributed by atoms with van der Waals surface area (Å²) in [6, 6.07) is 4.33.